The molecule has 0 bridgehead atoms. The molecule has 2 aromatic rings. The normalized spacial score (nSPS) is 16.1. The van der Waals surface area contributed by atoms with Crippen LogP contribution in [0.4, 0.5) is 0 Å². The van der Waals surface area contributed by atoms with Crippen molar-refractivity contribution in [3.63, 3.8) is 0 Å². The first kappa shape index (κ1) is 12.1. The van der Waals surface area contributed by atoms with Crippen molar-refractivity contribution >= 4 is 5.78 Å². The molecule has 0 unspecified atom stereocenters. The Morgan fingerprint density at radius 1 is 1.42 bits per heavy atom. The fraction of sp³-hybridized carbons (Fsp3) is 0.500. The zero-order chi connectivity index (χ0) is 13.2. The molecule has 0 aliphatic heterocycles. The minimum atomic E-state index is 0.186. The van der Waals surface area contributed by atoms with Crippen molar-refractivity contribution in [3.05, 3.63) is 24.0 Å². The number of furan rings is 1. The summed E-state index contributed by atoms with van der Waals surface area (Å²) >= 11 is 0. The predicted molar refractivity (Wildman–Crippen MR) is 67.4 cm³/mol. The lowest BCUT2D eigenvalue weighted by Gasteiger charge is -2.04. The van der Waals surface area contributed by atoms with Crippen LogP contribution in [0.15, 0.2) is 21.3 Å². The van der Waals surface area contributed by atoms with Gasteiger partial charge in [-0.1, -0.05) is 18.0 Å². The van der Waals surface area contributed by atoms with E-state index in [2.05, 4.69) is 10.1 Å². The van der Waals surface area contributed by atoms with E-state index in [1.54, 1.807) is 12.3 Å². The summed E-state index contributed by atoms with van der Waals surface area (Å²) in [5.74, 6) is 2.03. The molecule has 0 amide bonds. The van der Waals surface area contributed by atoms with Crippen molar-refractivity contribution in [3.8, 4) is 11.4 Å². The van der Waals surface area contributed by atoms with Gasteiger partial charge in [0, 0.05) is 5.92 Å². The van der Waals surface area contributed by atoms with Crippen molar-refractivity contribution in [1.82, 2.24) is 10.1 Å². The van der Waals surface area contributed by atoms with E-state index in [0.29, 0.717) is 11.7 Å². The third-order valence-electron chi connectivity index (χ3n) is 3.70. The van der Waals surface area contributed by atoms with Gasteiger partial charge in [0.2, 0.25) is 11.7 Å². The number of aryl methyl sites for hydroxylation is 1. The monoisotopic (exact) mass is 260 g/mol. The molecular weight excluding hydrogens is 244 g/mol. The second-order valence-electron chi connectivity index (χ2n) is 5.03. The highest BCUT2D eigenvalue weighted by atomic mass is 16.5. The number of nitrogens with zero attached hydrogens (tertiary/aromatic N) is 2. The Bertz CT molecular complexity index is 579. The summed E-state index contributed by atoms with van der Waals surface area (Å²) in [6.07, 6.45) is 6.14. The first-order valence-electron chi connectivity index (χ1n) is 6.64. The molecule has 1 aliphatic carbocycles. The summed E-state index contributed by atoms with van der Waals surface area (Å²) in [6.45, 7) is 1.84. The second-order valence-corrected chi connectivity index (χ2v) is 5.03. The Morgan fingerprint density at radius 2 is 2.21 bits per heavy atom. The largest absolute Gasteiger partial charge is 0.469 e. The molecular formula is C14H16N2O3. The number of hydrogen-bond donors (Lipinski definition) is 0. The molecule has 5 heteroatoms. The number of rotatable bonds is 4. The van der Waals surface area contributed by atoms with Crippen LogP contribution in [-0.4, -0.2) is 15.9 Å². The van der Waals surface area contributed by atoms with Crippen molar-refractivity contribution in [1.29, 1.82) is 0 Å². The van der Waals surface area contributed by atoms with Crippen LogP contribution in [0.2, 0.25) is 0 Å². The first-order chi connectivity index (χ1) is 9.24. The van der Waals surface area contributed by atoms with E-state index < -0.39 is 0 Å². The van der Waals surface area contributed by atoms with Crippen LogP contribution < -0.4 is 0 Å². The van der Waals surface area contributed by atoms with Gasteiger partial charge >= 0.3 is 0 Å². The van der Waals surface area contributed by atoms with Crippen molar-refractivity contribution < 1.29 is 13.7 Å². The summed E-state index contributed by atoms with van der Waals surface area (Å²) < 4.78 is 10.4. The van der Waals surface area contributed by atoms with E-state index in [0.717, 1.165) is 37.0 Å². The zero-order valence-corrected chi connectivity index (χ0v) is 10.9. The minimum absolute atomic E-state index is 0.186. The van der Waals surface area contributed by atoms with Gasteiger partial charge in [0.15, 0.2) is 0 Å². The Balaban J connectivity index is 1.71. The highest BCUT2D eigenvalue weighted by molar-refractivity contribution is 5.82. The molecule has 1 fully saturated rings. The van der Waals surface area contributed by atoms with E-state index in [-0.39, 0.29) is 18.1 Å². The average Bonchev–Trinajstić information content (AvgIpc) is 3.08. The van der Waals surface area contributed by atoms with Gasteiger partial charge in [0.05, 0.1) is 18.2 Å². The highest BCUT2D eigenvalue weighted by Crippen LogP contribution is 2.27. The number of ketones is 1. The van der Waals surface area contributed by atoms with E-state index in [1.807, 2.05) is 6.92 Å². The molecule has 2 heterocycles. The van der Waals surface area contributed by atoms with Crippen molar-refractivity contribution in [2.75, 3.05) is 0 Å². The lowest BCUT2D eigenvalue weighted by Crippen LogP contribution is -2.13. The molecule has 0 saturated heterocycles. The summed E-state index contributed by atoms with van der Waals surface area (Å²) in [5, 5.41) is 3.90. The maximum absolute atomic E-state index is 12.0. The standard InChI is InChI=1S/C14H16N2O3/c1-9-11(6-7-18-9)14-15-13(19-16-14)8-12(17)10-4-2-3-5-10/h6-7,10H,2-5,8H2,1H3. The minimum Gasteiger partial charge on any atom is -0.469 e. The van der Waals surface area contributed by atoms with Gasteiger partial charge < -0.3 is 8.94 Å². The van der Waals surface area contributed by atoms with Crippen LogP contribution in [0.5, 0.6) is 0 Å². The average molecular weight is 260 g/mol. The molecule has 0 aromatic carbocycles. The van der Waals surface area contributed by atoms with E-state index >= 15 is 0 Å². The molecule has 100 valence electrons. The van der Waals surface area contributed by atoms with E-state index in [4.69, 9.17) is 8.94 Å². The van der Waals surface area contributed by atoms with Gasteiger partial charge in [-0.05, 0) is 25.8 Å². The SMILES string of the molecule is Cc1occc1-c1noc(CC(=O)C2CCCC2)n1. The highest BCUT2D eigenvalue weighted by Gasteiger charge is 2.24. The van der Waals surface area contributed by atoms with Crippen molar-refractivity contribution in [2.24, 2.45) is 5.92 Å². The fourth-order valence-corrected chi connectivity index (χ4v) is 2.59. The summed E-state index contributed by atoms with van der Waals surface area (Å²) in [7, 11) is 0. The maximum atomic E-state index is 12.0. The van der Waals surface area contributed by atoms with Crippen LogP contribution in [0.25, 0.3) is 11.4 Å². The van der Waals surface area contributed by atoms with Crippen LogP contribution in [0.3, 0.4) is 0 Å². The van der Waals surface area contributed by atoms with E-state index in [9.17, 15) is 4.79 Å². The second kappa shape index (κ2) is 4.99. The number of Topliss-reactive ketones (excluding diaryl/α,β-unsaturated/α-hetero) is 1. The Labute approximate surface area is 111 Å². The van der Waals surface area contributed by atoms with Crippen LogP contribution >= 0.6 is 0 Å². The molecule has 0 atom stereocenters. The Kier molecular flexibility index (Phi) is 3.19. The molecule has 1 aliphatic rings. The maximum Gasteiger partial charge on any atom is 0.234 e. The van der Waals surface area contributed by atoms with Gasteiger partial charge in [-0.25, -0.2) is 0 Å². The Morgan fingerprint density at radius 3 is 2.89 bits per heavy atom. The van der Waals surface area contributed by atoms with Crippen LogP contribution in [-0.2, 0) is 11.2 Å². The lowest BCUT2D eigenvalue weighted by molar-refractivity contribution is -0.122. The lowest BCUT2D eigenvalue weighted by atomic mass is 10.0. The number of hydrogen-bond acceptors (Lipinski definition) is 5. The molecule has 1 saturated carbocycles. The molecule has 0 spiro atoms. The molecule has 5 nitrogen and oxygen atoms in total. The first-order valence-corrected chi connectivity index (χ1v) is 6.64. The molecule has 0 radical (unpaired) electrons. The number of carbonyl (C=O) groups excluding carboxylic acids is 1. The van der Waals surface area contributed by atoms with Gasteiger partial charge in [0.1, 0.15) is 11.5 Å². The Hall–Kier alpha value is -1.91. The fourth-order valence-electron chi connectivity index (χ4n) is 2.59. The third-order valence-corrected chi connectivity index (χ3v) is 3.70. The molecule has 2 aromatic heterocycles. The van der Waals surface area contributed by atoms with Gasteiger partial charge in [-0.3, -0.25) is 4.79 Å². The summed E-state index contributed by atoms with van der Waals surface area (Å²) in [5.41, 5.74) is 0.809. The van der Waals surface area contributed by atoms with Crippen LogP contribution in [0, 0.1) is 12.8 Å². The van der Waals surface area contributed by atoms with Gasteiger partial charge in [0.25, 0.3) is 0 Å². The van der Waals surface area contributed by atoms with Gasteiger partial charge in [-0.15, -0.1) is 0 Å². The molecule has 19 heavy (non-hydrogen) atoms. The van der Waals surface area contributed by atoms with Crippen molar-refractivity contribution in [2.45, 2.75) is 39.0 Å². The summed E-state index contributed by atoms with van der Waals surface area (Å²) in [4.78, 5) is 16.3. The number of aromatic nitrogens is 2. The quantitative estimate of drug-likeness (QED) is 0.845. The summed E-state index contributed by atoms with van der Waals surface area (Å²) in [6, 6.07) is 1.79. The number of carbonyl (C=O) groups is 1. The van der Waals surface area contributed by atoms with E-state index in [1.165, 1.54) is 0 Å². The zero-order valence-electron chi connectivity index (χ0n) is 10.9. The topological polar surface area (TPSA) is 69.1 Å². The molecule has 3 rings (SSSR count). The molecule has 0 N–H and O–H groups in total. The van der Waals surface area contributed by atoms with Gasteiger partial charge in [-0.2, -0.15) is 4.98 Å². The predicted octanol–water partition coefficient (Wildman–Crippen LogP) is 2.94. The van der Waals surface area contributed by atoms with Crippen LogP contribution in [0.1, 0.15) is 37.3 Å². The third kappa shape index (κ3) is 2.45. The smallest absolute Gasteiger partial charge is 0.234 e.